The first kappa shape index (κ1) is 30.2. The van der Waals surface area contributed by atoms with Gasteiger partial charge < -0.3 is 19.9 Å². The van der Waals surface area contributed by atoms with E-state index in [0.29, 0.717) is 0 Å². The molecule has 7 aromatic rings. The summed E-state index contributed by atoms with van der Waals surface area (Å²) in [5, 5.41) is 4.85. The average molecular weight is 629 g/mol. The van der Waals surface area contributed by atoms with Crippen LogP contribution in [0.3, 0.4) is 0 Å². The van der Waals surface area contributed by atoms with Gasteiger partial charge in [-0.25, -0.2) is 0 Å². The van der Waals surface area contributed by atoms with E-state index >= 15 is 0 Å². The fraction of sp³-hybridized carbons (Fsp3) is 0.273. The lowest BCUT2D eigenvalue weighted by atomic mass is 9.83. The quantitative estimate of drug-likeness (QED) is 0.0954. The van der Waals surface area contributed by atoms with E-state index in [4.69, 9.17) is 0 Å². The maximum atomic E-state index is 3.93. The average Bonchev–Trinajstić information content (AvgIpc) is 3.88. The molecule has 0 spiro atoms. The molecule has 0 unspecified atom stereocenters. The first-order chi connectivity index (χ1) is 22.8. The molecule has 8 bridgehead atoms. The maximum absolute atomic E-state index is 3.93. The molecule has 4 N–H and O–H groups in total. The molecule has 240 valence electrons. The van der Waals surface area contributed by atoms with Crippen molar-refractivity contribution < 1.29 is 0 Å². The van der Waals surface area contributed by atoms with Gasteiger partial charge in [-0.2, -0.15) is 0 Å². The second-order valence-corrected chi connectivity index (χ2v) is 15.8. The van der Waals surface area contributed by atoms with E-state index in [2.05, 4.69) is 184 Å². The van der Waals surface area contributed by atoms with Gasteiger partial charge in [-0.3, -0.25) is 0 Å². The number of fused-ring (bicyclic) bond motifs is 10. The lowest BCUT2D eigenvalue weighted by Crippen LogP contribution is -2.26. The van der Waals surface area contributed by atoms with Crippen LogP contribution in [0, 0.1) is 11.8 Å². The molecule has 0 radical (unpaired) electrons. The summed E-state index contributed by atoms with van der Waals surface area (Å²) in [6.45, 7) is 18.3. The van der Waals surface area contributed by atoms with Crippen molar-refractivity contribution in [3.8, 4) is 11.8 Å². The minimum atomic E-state index is -0.373. The summed E-state index contributed by atoms with van der Waals surface area (Å²) in [6.07, 6.45) is 0. The smallest absolute Gasteiger partial charge is 0.0469 e. The number of rotatable bonds is 0. The molecule has 48 heavy (non-hydrogen) atoms. The predicted molar refractivity (Wildman–Crippen MR) is 199 cm³/mol. The highest BCUT2D eigenvalue weighted by molar-refractivity contribution is 6.00. The van der Waals surface area contributed by atoms with Crippen molar-refractivity contribution in [3.63, 3.8) is 0 Å². The van der Waals surface area contributed by atoms with E-state index in [1.807, 2.05) is 0 Å². The number of aromatic nitrogens is 4. The molecule has 0 amide bonds. The van der Waals surface area contributed by atoms with Crippen molar-refractivity contribution in [1.82, 2.24) is 19.9 Å². The van der Waals surface area contributed by atoms with E-state index in [-0.39, 0.29) is 21.7 Å². The predicted octanol–water partition coefficient (Wildman–Crippen LogP) is 10.3. The van der Waals surface area contributed by atoms with Gasteiger partial charge in [0.05, 0.1) is 0 Å². The van der Waals surface area contributed by atoms with E-state index < -0.39 is 0 Å². The maximum Gasteiger partial charge on any atom is 0.0469 e. The van der Waals surface area contributed by atoms with Crippen LogP contribution in [-0.4, -0.2) is 19.9 Å². The van der Waals surface area contributed by atoms with Gasteiger partial charge in [-0.05, 0) is 138 Å². The largest absolute Gasteiger partial charge is 0.361 e. The van der Waals surface area contributed by atoms with Crippen molar-refractivity contribution in [2.75, 3.05) is 0 Å². The van der Waals surface area contributed by atoms with Gasteiger partial charge in [0.1, 0.15) is 0 Å². The molecular weight excluding hydrogens is 585 g/mol. The number of hydrogen-bond donors (Lipinski definition) is 4. The molecule has 4 heteroatoms. The Morgan fingerprint density at radius 1 is 0.375 bits per heavy atom. The topological polar surface area (TPSA) is 63.2 Å². The fourth-order valence-corrected chi connectivity index (χ4v) is 7.54. The Morgan fingerprint density at radius 3 is 1.35 bits per heavy atom. The number of aromatic amines is 4. The second-order valence-electron chi connectivity index (χ2n) is 15.8. The zero-order valence-corrected chi connectivity index (χ0v) is 29.2. The Labute approximate surface area is 283 Å². The monoisotopic (exact) mass is 628 g/mol. The van der Waals surface area contributed by atoms with Crippen molar-refractivity contribution in [1.29, 1.82) is 0 Å². The summed E-state index contributed by atoms with van der Waals surface area (Å²) in [5.41, 5.74) is 10.2. The van der Waals surface area contributed by atoms with Crippen LogP contribution in [0.15, 0.2) is 97.1 Å². The van der Waals surface area contributed by atoms with Gasteiger partial charge in [0.15, 0.2) is 0 Å². The Hall–Kier alpha value is -5.14. The molecule has 0 aliphatic carbocycles. The van der Waals surface area contributed by atoms with Crippen LogP contribution in [0.4, 0.5) is 0 Å². The molecule has 3 aromatic carbocycles. The minimum Gasteiger partial charge on any atom is -0.361 e. The number of benzene rings is 3. The SMILES string of the molecule is CC1(C)c2ccc([nH]2)C(C)(C)c2ccc([nH]2)C(C)(C)c2[nH]c(cc2C#Cc2cccc3cc4ccccc4cc23)C(C)(C)c2ccc1[nH]2. The summed E-state index contributed by atoms with van der Waals surface area (Å²) in [5.74, 6) is 7.28. The Kier molecular flexibility index (Phi) is 6.41. The molecule has 0 saturated heterocycles. The first-order valence-corrected chi connectivity index (χ1v) is 17.0. The van der Waals surface area contributed by atoms with Crippen LogP contribution in [-0.2, 0) is 21.7 Å². The molecule has 4 aromatic heterocycles. The first-order valence-electron chi connectivity index (χ1n) is 17.0. The van der Waals surface area contributed by atoms with Crippen LogP contribution in [0.2, 0.25) is 0 Å². The Morgan fingerprint density at radius 2 is 0.812 bits per heavy atom. The highest BCUT2D eigenvalue weighted by Crippen LogP contribution is 2.42. The third-order valence-electron chi connectivity index (χ3n) is 11.3. The van der Waals surface area contributed by atoms with E-state index in [0.717, 1.165) is 33.9 Å². The van der Waals surface area contributed by atoms with Crippen LogP contribution < -0.4 is 0 Å². The van der Waals surface area contributed by atoms with Crippen molar-refractivity contribution >= 4 is 21.5 Å². The third-order valence-corrected chi connectivity index (χ3v) is 11.3. The van der Waals surface area contributed by atoms with Gasteiger partial charge in [-0.15, -0.1) is 0 Å². The zero-order chi connectivity index (χ0) is 33.6. The van der Waals surface area contributed by atoms with Crippen molar-refractivity contribution in [2.24, 2.45) is 0 Å². The summed E-state index contributed by atoms with van der Waals surface area (Å²) >= 11 is 0. The van der Waals surface area contributed by atoms with Crippen molar-refractivity contribution in [3.05, 3.63) is 154 Å². The third kappa shape index (κ3) is 4.52. The van der Waals surface area contributed by atoms with E-state index in [1.54, 1.807) is 0 Å². The molecule has 0 fully saturated rings. The Balaban J connectivity index is 1.33. The van der Waals surface area contributed by atoms with Crippen LogP contribution in [0.5, 0.6) is 0 Å². The van der Waals surface area contributed by atoms with Crippen molar-refractivity contribution in [2.45, 2.75) is 77.0 Å². The van der Waals surface area contributed by atoms with Gasteiger partial charge in [0.25, 0.3) is 0 Å². The molecule has 5 heterocycles. The lowest BCUT2D eigenvalue weighted by molar-refractivity contribution is 0.545. The van der Waals surface area contributed by atoms with Crippen LogP contribution in [0.25, 0.3) is 21.5 Å². The van der Waals surface area contributed by atoms with Crippen LogP contribution >= 0.6 is 0 Å². The molecule has 8 rings (SSSR count). The minimum absolute atomic E-state index is 0.232. The summed E-state index contributed by atoms with van der Waals surface area (Å²) in [4.78, 5) is 15.5. The molecule has 0 atom stereocenters. The lowest BCUT2D eigenvalue weighted by Gasteiger charge is -2.28. The van der Waals surface area contributed by atoms with Gasteiger partial charge in [-0.1, -0.05) is 48.2 Å². The standard InChI is InChI=1S/C44H44N4/c1-41(2)33-18-19-34(45-33)42(3,4)36-22-23-38(47-36)44(7,8)40-31(26-39(48-40)43(5,6)37-21-20-35(41)46-37)17-16-27-14-11-15-30-24-28-12-9-10-13-29(28)25-32(27)30/h9-15,18-26,45-48H,1-8H3. The summed E-state index contributed by atoms with van der Waals surface area (Å²) in [7, 11) is 0. The number of H-pyrrole nitrogens is 4. The highest BCUT2D eigenvalue weighted by Gasteiger charge is 2.37. The van der Waals surface area contributed by atoms with E-state index in [1.165, 1.54) is 44.3 Å². The zero-order valence-electron chi connectivity index (χ0n) is 29.2. The van der Waals surface area contributed by atoms with Gasteiger partial charge in [0, 0.05) is 78.3 Å². The molecule has 1 aliphatic heterocycles. The summed E-state index contributed by atoms with van der Waals surface area (Å²) < 4.78 is 0. The number of nitrogens with one attached hydrogen (secondary N) is 4. The molecule has 4 nitrogen and oxygen atoms in total. The molecular formula is C44H44N4. The van der Waals surface area contributed by atoms with E-state index in [9.17, 15) is 0 Å². The fourth-order valence-electron chi connectivity index (χ4n) is 7.54. The number of hydrogen-bond acceptors (Lipinski definition) is 0. The normalized spacial score (nSPS) is 17.2. The molecule has 0 saturated carbocycles. The Bertz CT molecular complexity index is 2420. The van der Waals surface area contributed by atoms with Crippen LogP contribution in [0.1, 0.15) is 112 Å². The molecule has 1 aliphatic rings. The summed E-state index contributed by atoms with van der Waals surface area (Å²) in [6, 6.07) is 35.3. The van der Waals surface area contributed by atoms with Gasteiger partial charge >= 0.3 is 0 Å². The second kappa shape index (κ2) is 10.2. The highest BCUT2D eigenvalue weighted by atomic mass is 14.9. The van der Waals surface area contributed by atoms with Gasteiger partial charge in [0.2, 0.25) is 0 Å².